The van der Waals surface area contributed by atoms with Gasteiger partial charge < -0.3 is 19.1 Å². The standard InChI is InChI=1S/C27H27FN6O2/c1-19-3-5-20(6-4-19)24-18-34(22-9-7-21(28)8-10-22)25(31-24)15-26(35)32-11-13-33(14-12-32)27-29-16-23(36-2)17-30-27/h3-10,16-18H,11-15H2,1-2H3. The van der Waals surface area contributed by atoms with Crippen LogP contribution in [0.4, 0.5) is 10.3 Å². The van der Waals surface area contributed by atoms with Crippen LogP contribution in [0.3, 0.4) is 0 Å². The van der Waals surface area contributed by atoms with Crippen molar-refractivity contribution in [2.75, 3.05) is 38.2 Å². The van der Waals surface area contributed by atoms with Gasteiger partial charge in [0, 0.05) is 43.6 Å². The molecule has 1 fully saturated rings. The number of aromatic nitrogens is 4. The van der Waals surface area contributed by atoms with Gasteiger partial charge in [0.1, 0.15) is 11.6 Å². The topological polar surface area (TPSA) is 76.4 Å². The zero-order valence-electron chi connectivity index (χ0n) is 20.3. The minimum absolute atomic E-state index is 0.00489. The molecule has 1 saturated heterocycles. The molecular formula is C27H27FN6O2. The first-order valence-electron chi connectivity index (χ1n) is 11.8. The molecule has 5 rings (SSSR count). The lowest BCUT2D eigenvalue weighted by Gasteiger charge is -2.34. The van der Waals surface area contributed by atoms with Crippen molar-refractivity contribution in [3.63, 3.8) is 0 Å². The van der Waals surface area contributed by atoms with E-state index in [1.165, 1.54) is 12.1 Å². The lowest BCUT2D eigenvalue weighted by molar-refractivity contribution is -0.130. The number of carbonyl (C=O) groups is 1. The van der Waals surface area contributed by atoms with Crippen molar-refractivity contribution in [2.24, 2.45) is 0 Å². The summed E-state index contributed by atoms with van der Waals surface area (Å²) in [5.74, 6) is 1.53. The molecule has 4 aromatic rings. The average molecular weight is 487 g/mol. The second kappa shape index (κ2) is 10.2. The number of hydrogen-bond donors (Lipinski definition) is 0. The Morgan fingerprint density at radius 3 is 2.28 bits per heavy atom. The van der Waals surface area contributed by atoms with Gasteiger partial charge in [-0.15, -0.1) is 0 Å². The maximum Gasteiger partial charge on any atom is 0.230 e. The predicted octanol–water partition coefficient (Wildman–Crippen LogP) is 3.68. The van der Waals surface area contributed by atoms with Gasteiger partial charge in [-0.05, 0) is 31.2 Å². The average Bonchev–Trinajstić information content (AvgIpc) is 3.33. The first-order chi connectivity index (χ1) is 17.5. The van der Waals surface area contributed by atoms with Gasteiger partial charge in [0.05, 0.1) is 31.6 Å². The number of aryl methyl sites for hydroxylation is 1. The van der Waals surface area contributed by atoms with Crippen molar-refractivity contribution >= 4 is 11.9 Å². The van der Waals surface area contributed by atoms with Crippen molar-refractivity contribution < 1.29 is 13.9 Å². The fraction of sp³-hybridized carbons (Fsp3) is 0.259. The molecule has 0 N–H and O–H groups in total. The number of piperazine rings is 1. The van der Waals surface area contributed by atoms with Crippen LogP contribution < -0.4 is 9.64 Å². The van der Waals surface area contributed by atoms with Crippen LogP contribution in [-0.2, 0) is 11.2 Å². The number of methoxy groups -OCH3 is 1. The van der Waals surface area contributed by atoms with Gasteiger partial charge in [0.2, 0.25) is 11.9 Å². The summed E-state index contributed by atoms with van der Waals surface area (Å²) >= 11 is 0. The number of rotatable bonds is 6. The molecule has 1 aliphatic rings. The first-order valence-corrected chi connectivity index (χ1v) is 11.8. The monoisotopic (exact) mass is 486 g/mol. The highest BCUT2D eigenvalue weighted by Crippen LogP contribution is 2.23. The third-order valence-electron chi connectivity index (χ3n) is 6.31. The minimum atomic E-state index is -0.311. The van der Waals surface area contributed by atoms with E-state index in [4.69, 9.17) is 9.72 Å². The Hall–Kier alpha value is -4.27. The van der Waals surface area contributed by atoms with Crippen molar-refractivity contribution in [3.8, 4) is 22.7 Å². The molecule has 1 amide bonds. The van der Waals surface area contributed by atoms with Crippen LogP contribution in [-0.4, -0.2) is 63.6 Å². The Bertz CT molecular complexity index is 1330. The molecule has 0 aliphatic carbocycles. The molecule has 0 unspecified atom stereocenters. The lowest BCUT2D eigenvalue weighted by atomic mass is 10.1. The molecule has 3 heterocycles. The number of ether oxygens (including phenoxy) is 1. The van der Waals surface area contributed by atoms with Crippen LogP contribution >= 0.6 is 0 Å². The summed E-state index contributed by atoms with van der Waals surface area (Å²) in [5, 5.41) is 0. The Kier molecular flexibility index (Phi) is 6.62. The molecule has 2 aromatic heterocycles. The van der Waals surface area contributed by atoms with Gasteiger partial charge in [0.25, 0.3) is 0 Å². The maximum atomic E-state index is 13.6. The Morgan fingerprint density at radius 2 is 1.64 bits per heavy atom. The zero-order chi connectivity index (χ0) is 25.1. The smallest absolute Gasteiger partial charge is 0.230 e. The van der Waals surface area contributed by atoms with Crippen LogP contribution in [0.15, 0.2) is 67.1 Å². The van der Waals surface area contributed by atoms with Gasteiger partial charge in [-0.2, -0.15) is 0 Å². The van der Waals surface area contributed by atoms with E-state index in [1.807, 2.05) is 46.9 Å². The normalized spacial score (nSPS) is 13.6. The third kappa shape index (κ3) is 5.05. The third-order valence-corrected chi connectivity index (χ3v) is 6.31. The van der Waals surface area contributed by atoms with Crippen LogP contribution in [0.5, 0.6) is 5.75 Å². The number of hydrogen-bond acceptors (Lipinski definition) is 6. The maximum absolute atomic E-state index is 13.6. The number of anilines is 1. The van der Waals surface area contributed by atoms with E-state index in [1.54, 1.807) is 31.6 Å². The summed E-state index contributed by atoms with van der Waals surface area (Å²) in [7, 11) is 1.58. The van der Waals surface area contributed by atoms with Gasteiger partial charge in [-0.3, -0.25) is 4.79 Å². The summed E-state index contributed by atoms with van der Waals surface area (Å²) in [4.78, 5) is 30.7. The van der Waals surface area contributed by atoms with Crippen LogP contribution in [0.25, 0.3) is 16.9 Å². The second-order valence-electron chi connectivity index (χ2n) is 8.72. The molecule has 2 aromatic carbocycles. The summed E-state index contributed by atoms with van der Waals surface area (Å²) in [6.45, 7) is 4.44. The SMILES string of the molecule is COc1cnc(N2CCN(C(=O)Cc3nc(-c4ccc(C)cc4)cn3-c3ccc(F)cc3)CC2)nc1. The van der Waals surface area contributed by atoms with E-state index in [2.05, 4.69) is 14.9 Å². The van der Waals surface area contributed by atoms with Crippen LogP contribution in [0.1, 0.15) is 11.4 Å². The molecule has 36 heavy (non-hydrogen) atoms. The Balaban J connectivity index is 1.33. The van der Waals surface area contributed by atoms with Crippen molar-refractivity contribution in [3.05, 3.63) is 84.3 Å². The molecule has 0 saturated carbocycles. The van der Waals surface area contributed by atoms with Gasteiger partial charge in [-0.25, -0.2) is 19.3 Å². The number of halogens is 1. The summed E-state index contributed by atoms with van der Waals surface area (Å²) in [6.07, 6.45) is 5.32. The van der Waals surface area contributed by atoms with E-state index < -0.39 is 0 Å². The highest BCUT2D eigenvalue weighted by Gasteiger charge is 2.24. The highest BCUT2D eigenvalue weighted by atomic mass is 19.1. The van der Waals surface area contributed by atoms with E-state index in [-0.39, 0.29) is 18.1 Å². The van der Waals surface area contributed by atoms with Gasteiger partial charge in [0.15, 0.2) is 5.75 Å². The van der Waals surface area contributed by atoms with E-state index in [0.717, 1.165) is 22.5 Å². The number of nitrogens with zero attached hydrogens (tertiary/aromatic N) is 6. The predicted molar refractivity (Wildman–Crippen MR) is 135 cm³/mol. The summed E-state index contributed by atoms with van der Waals surface area (Å²) in [6, 6.07) is 14.3. The zero-order valence-corrected chi connectivity index (χ0v) is 20.3. The molecule has 0 spiro atoms. The second-order valence-corrected chi connectivity index (χ2v) is 8.72. The van der Waals surface area contributed by atoms with Gasteiger partial charge >= 0.3 is 0 Å². The van der Waals surface area contributed by atoms with E-state index in [0.29, 0.717) is 43.7 Å². The lowest BCUT2D eigenvalue weighted by Crippen LogP contribution is -2.49. The number of imidazole rings is 1. The molecule has 0 bridgehead atoms. The summed E-state index contributed by atoms with van der Waals surface area (Å²) in [5.41, 5.74) is 3.64. The number of amides is 1. The molecule has 8 nitrogen and oxygen atoms in total. The van der Waals surface area contributed by atoms with Crippen LogP contribution in [0.2, 0.25) is 0 Å². The largest absolute Gasteiger partial charge is 0.494 e. The fourth-order valence-corrected chi connectivity index (χ4v) is 4.21. The summed E-state index contributed by atoms with van der Waals surface area (Å²) < 4.78 is 20.5. The Labute approximate surface area is 209 Å². The van der Waals surface area contributed by atoms with Crippen molar-refractivity contribution in [1.29, 1.82) is 0 Å². The fourth-order valence-electron chi connectivity index (χ4n) is 4.21. The van der Waals surface area contributed by atoms with Crippen molar-refractivity contribution in [1.82, 2.24) is 24.4 Å². The van der Waals surface area contributed by atoms with E-state index in [9.17, 15) is 9.18 Å². The highest BCUT2D eigenvalue weighted by molar-refractivity contribution is 5.79. The minimum Gasteiger partial charge on any atom is -0.494 e. The molecule has 0 radical (unpaired) electrons. The van der Waals surface area contributed by atoms with Gasteiger partial charge in [-0.1, -0.05) is 29.8 Å². The molecule has 184 valence electrons. The number of carbonyl (C=O) groups excluding carboxylic acids is 1. The van der Waals surface area contributed by atoms with Crippen LogP contribution in [0, 0.1) is 12.7 Å². The first kappa shape index (κ1) is 23.5. The molecule has 9 heteroatoms. The number of benzene rings is 2. The molecule has 1 aliphatic heterocycles. The quantitative estimate of drug-likeness (QED) is 0.414. The Morgan fingerprint density at radius 1 is 0.972 bits per heavy atom. The van der Waals surface area contributed by atoms with Crippen molar-refractivity contribution in [2.45, 2.75) is 13.3 Å². The van der Waals surface area contributed by atoms with E-state index >= 15 is 0 Å². The molecular weight excluding hydrogens is 459 g/mol. The molecule has 0 atom stereocenters.